The third-order valence-electron chi connectivity index (χ3n) is 3.91. The van der Waals surface area contributed by atoms with Crippen molar-refractivity contribution in [2.45, 2.75) is 6.04 Å². The number of nitrogens with one attached hydrogen (secondary N) is 2. The number of ether oxygens (including phenoxy) is 1. The summed E-state index contributed by atoms with van der Waals surface area (Å²) in [7, 11) is 1.59. The molecule has 0 aromatic heterocycles. The number of benzene rings is 3. The molecule has 0 aliphatic heterocycles. The lowest BCUT2D eigenvalue weighted by molar-refractivity contribution is -0.117. The number of rotatable bonds is 6. The van der Waals surface area contributed by atoms with Crippen LogP contribution in [0.15, 0.2) is 78.9 Å². The smallest absolute Gasteiger partial charge is 0.251 e. The molecular formula is C21H19FN2O2. The standard InChI is InChI=1S/C21H19FN2O2/c1-26-19-13-11-18(12-14-19)24-21(25)20(15-5-3-2-4-6-15)23-17-9-7-16(22)8-10-17/h2-14,20,23H,1H3,(H,24,25). The molecule has 0 spiro atoms. The summed E-state index contributed by atoms with van der Waals surface area (Å²) in [5.74, 6) is 0.173. The maximum atomic E-state index is 13.1. The van der Waals surface area contributed by atoms with Crippen LogP contribution in [-0.2, 0) is 4.79 Å². The van der Waals surface area contributed by atoms with E-state index in [9.17, 15) is 9.18 Å². The van der Waals surface area contributed by atoms with Gasteiger partial charge in [-0.1, -0.05) is 30.3 Å². The van der Waals surface area contributed by atoms with Crippen LogP contribution in [0.4, 0.5) is 15.8 Å². The van der Waals surface area contributed by atoms with E-state index in [0.29, 0.717) is 17.1 Å². The van der Waals surface area contributed by atoms with E-state index in [1.54, 1.807) is 43.5 Å². The molecule has 4 nitrogen and oxygen atoms in total. The molecule has 132 valence electrons. The van der Waals surface area contributed by atoms with Gasteiger partial charge < -0.3 is 15.4 Å². The van der Waals surface area contributed by atoms with Gasteiger partial charge in [-0.3, -0.25) is 4.79 Å². The molecule has 0 saturated carbocycles. The highest BCUT2D eigenvalue weighted by molar-refractivity contribution is 5.97. The summed E-state index contributed by atoms with van der Waals surface area (Å²) in [5.41, 5.74) is 2.13. The minimum absolute atomic E-state index is 0.217. The van der Waals surface area contributed by atoms with Crippen molar-refractivity contribution in [3.05, 3.63) is 90.2 Å². The lowest BCUT2D eigenvalue weighted by Gasteiger charge is -2.20. The van der Waals surface area contributed by atoms with Crippen LogP contribution in [0.5, 0.6) is 5.75 Å². The Labute approximate surface area is 151 Å². The molecule has 1 unspecified atom stereocenters. The molecule has 5 heteroatoms. The largest absolute Gasteiger partial charge is 0.497 e. The number of hydrogen-bond acceptors (Lipinski definition) is 3. The van der Waals surface area contributed by atoms with E-state index in [1.807, 2.05) is 30.3 Å². The fourth-order valence-corrected chi connectivity index (χ4v) is 2.55. The molecule has 0 bridgehead atoms. The van der Waals surface area contributed by atoms with Crippen molar-refractivity contribution >= 4 is 17.3 Å². The fourth-order valence-electron chi connectivity index (χ4n) is 2.55. The van der Waals surface area contributed by atoms with Gasteiger partial charge in [0.05, 0.1) is 7.11 Å². The number of amides is 1. The van der Waals surface area contributed by atoms with Crippen molar-refractivity contribution in [3.8, 4) is 5.75 Å². The van der Waals surface area contributed by atoms with Crippen molar-refractivity contribution in [3.63, 3.8) is 0 Å². The number of carbonyl (C=O) groups is 1. The van der Waals surface area contributed by atoms with Crippen molar-refractivity contribution in [2.75, 3.05) is 17.7 Å². The van der Waals surface area contributed by atoms with E-state index in [4.69, 9.17) is 4.74 Å². The van der Waals surface area contributed by atoms with Crippen LogP contribution in [0.3, 0.4) is 0 Å². The van der Waals surface area contributed by atoms with E-state index in [-0.39, 0.29) is 11.7 Å². The maximum absolute atomic E-state index is 13.1. The second kappa shape index (κ2) is 8.16. The maximum Gasteiger partial charge on any atom is 0.251 e. The number of anilines is 2. The van der Waals surface area contributed by atoms with Crippen LogP contribution >= 0.6 is 0 Å². The van der Waals surface area contributed by atoms with E-state index in [2.05, 4.69) is 10.6 Å². The van der Waals surface area contributed by atoms with Gasteiger partial charge in [0.2, 0.25) is 0 Å². The molecule has 1 atom stereocenters. The molecule has 0 aliphatic rings. The number of hydrogen-bond donors (Lipinski definition) is 2. The van der Waals surface area contributed by atoms with Crippen molar-refractivity contribution in [1.29, 1.82) is 0 Å². The normalized spacial score (nSPS) is 11.5. The lowest BCUT2D eigenvalue weighted by atomic mass is 10.1. The molecule has 26 heavy (non-hydrogen) atoms. The second-order valence-corrected chi connectivity index (χ2v) is 5.71. The predicted molar refractivity (Wildman–Crippen MR) is 101 cm³/mol. The number of halogens is 1. The summed E-state index contributed by atoms with van der Waals surface area (Å²) < 4.78 is 18.3. The molecule has 2 N–H and O–H groups in total. The zero-order valence-corrected chi connectivity index (χ0v) is 14.3. The quantitative estimate of drug-likeness (QED) is 0.682. The molecular weight excluding hydrogens is 331 g/mol. The van der Waals surface area contributed by atoms with E-state index in [0.717, 1.165) is 5.56 Å². The monoisotopic (exact) mass is 350 g/mol. The summed E-state index contributed by atoms with van der Waals surface area (Å²) >= 11 is 0. The average Bonchev–Trinajstić information content (AvgIpc) is 2.68. The van der Waals surface area contributed by atoms with Crippen LogP contribution < -0.4 is 15.4 Å². The van der Waals surface area contributed by atoms with Crippen LogP contribution in [-0.4, -0.2) is 13.0 Å². The van der Waals surface area contributed by atoms with Gasteiger partial charge in [-0.2, -0.15) is 0 Å². The Hall–Kier alpha value is -3.34. The van der Waals surface area contributed by atoms with Gasteiger partial charge >= 0.3 is 0 Å². The third kappa shape index (κ3) is 4.39. The van der Waals surface area contributed by atoms with Gasteiger partial charge in [0.1, 0.15) is 17.6 Å². The first-order valence-electron chi connectivity index (χ1n) is 8.17. The average molecular weight is 350 g/mol. The van der Waals surface area contributed by atoms with E-state index >= 15 is 0 Å². The van der Waals surface area contributed by atoms with E-state index < -0.39 is 6.04 Å². The Kier molecular flexibility index (Phi) is 5.49. The summed E-state index contributed by atoms with van der Waals surface area (Å²) in [6.07, 6.45) is 0. The summed E-state index contributed by atoms with van der Waals surface area (Å²) in [6.45, 7) is 0. The first-order chi connectivity index (χ1) is 12.7. The molecule has 3 aromatic rings. The Balaban J connectivity index is 1.81. The third-order valence-corrected chi connectivity index (χ3v) is 3.91. The van der Waals surface area contributed by atoms with Crippen LogP contribution in [0.2, 0.25) is 0 Å². The Bertz CT molecular complexity index is 849. The zero-order chi connectivity index (χ0) is 18.4. The van der Waals surface area contributed by atoms with Gasteiger partial charge in [-0.25, -0.2) is 4.39 Å². The van der Waals surface area contributed by atoms with Crippen molar-refractivity contribution < 1.29 is 13.9 Å². The summed E-state index contributed by atoms with van der Waals surface area (Å²) in [4.78, 5) is 12.9. The van der Waals surface area contributed by atoms with Gasteiger partial charge in [0.15, 0.2) is 0 Å². The highest BCUT2D eigenvalue weighted by Crippen LogP contribution is 2.23. The SMILES string of the molecule is COc1ccc(NC(=O)C(Nc2ccc(F)cc2)c2ccccc2)cc1. The molecule has 0 heterocycles. The molecule has 0 aliphatic carbocycles. The summed E-state index contributed by atoms with van der Waals surface area (Å²) in [6, 6.07) is 21.8. The molecule has 3 aromatic carbocycles. The van der Waals surface area contributed by atoms with Gasteiger partial charge in [0, 0.05) is 11.4 Å². The number of carbonyl (C=O) groups excluding carboxylic acids is 1. The minimum atomic E-state index is -0.622. The molecule has 3 rings (SSSR count). The topological polar surface area (TPSA) is 50.4 Å². The van der Waals surface area contributed by atoms with Crippen molar-refractivity contribution in [1.82, 2.24) is 0 Å². The Morgan fingerprint density at radius 3 is 2.12 bits per heavy atom. The van der Waals surface area contributed by atoms with Gasteiger partial charge in [0.25, 0.3) is 5.91 Å². The fraction of sp³-hybridized carbons (Fsp3) is 0.0952. The van der Waals surface area contributed by atoms with Crippen LogP contribution in [0.1, 0.15) is 11.6 Å². The molecule has 0 fully saturated rings. The highest BCUT2D eigenvalue weighted by atomic mass is 19.1. The second-order valence-electron chi connectivity index (χ2n) is 5.71. The first kappa shape index (κ1) is 17.5. The Morgan fingerprint density at radius 1 is 0.885 bits per heavy atom. The van der Waals surface area contributed by atoms with Crippen molar-refractivity contribution in [2.24, 2.45) is 0 Å². The van der Waals surface area contributed by atoms with Gasteiger partial charge in [-0.15, -0.1) is 0 Å². The molecule has 0 radical (unpaired) electrons. The Morgan fingerprint density at radius 2 is 1.50 bits per heavy atom. The zero-order valence-electron chi connectivity index (χ0n) is 14.3. The van der Waals surface area contributed by atoms with Crippen LogP contribution in [0, 0.1) is 5.82 Å². The minimum Gasteiger partial charge on any atom is -0.497 e. The van der Waals surface area contributed by atoms with Gasteiger partial charge in [-0.05, 0) is 54.1 Å². The molecule has 0 saturated heterocycles. The highest BCUT2D eigenvalue weighted by Gasteiger charge is 2.20. The molecule has 1 amide bonds. The summed E-state index contributed by atoms with van der Waals surface area (Å²) in [5, 5.41) is 6.05. The van der Waals surface area contributed by atoms with Crippen LogP contribution in [0.25, 0.3) is 0 Å². The predicted octanol–water partition coefficient (Wildman–Crippen LogP) is 4.63. The van der Waals surface area contributed by atoms with E-state index in [1.165, 1.54) is 12.1 Å². The number of methoxy groups -OCH3 is 1. The first-order valence-corrected chi connectivity index (χ1v) is 8.17. The lowest BCUT2D eigenvalue weighted by Crippen LogP contribution is -2.27.